The molecular weight excluding hydrogens is 354 g/mol. The summed E-state index contributed by atoms with van der Waals surface area (Å²) < 4.78 is 15.3. The Hall–Kier alpha value is -2.67. The number of methoxy groups -OCH3 is 2. The first-order valence-electron chi connectivity index (χ1n) is 7.99. The zero-order chi connectivity index (χ0) is 18.9. The van der Waals surface area contributed by atoms with E-state index in [1.165, 1.54) is 26.0 Å². The minimum atomic E-state index is -0.266. The maximum absolute atomic E-state index is 12.5. The molecule has 0 saturated heterocycles. The third-order valence-electron chi connectivity index (χ3n) is 3.40. The van der Waals surface area contributed by atoms with Gasteiger partial charge in [0.05, 0.1) is 26.6 Å². The van der Waals surface area contributed by atoms with Crippen molar-refractivity contribution in [3.63, 3.8) is 0 Å². The van der Waals surface area contributed by atoms with E-state index in [0.29, 0.717) is 29.4 Å². The molecule has 0 unspecified atom stereocenters. The van der Waals surface area contributed by atoms with Crippen molar-refractivity contribution < 1.29 is 23.8 Å². The molecule has 0 aliphatic rings. The lowest BCUT2D eigenvalue weighted by atomic mass is 10.2. The van der Waals surface area contributed by atoms with Gasteiger partial charge in [0.15, 0.2) is 11.5 Å². The van der Waals surface area contributed by atoms with E-state index in [-0.39, 0.29) is 17.6 Å². The summed E-state index contributed by atoms with van der Waals surface area (Å²) in [5.41, 5.74) is 1.09. The van der Waals surface area contributed by atoms with Gasteiger partial charge in [0.1, 0.15) is 0 Å². The number of carbonyl (C=O) groups is 2. The monoisotopic (exact) mass is 375 g/mol. The van der Waals surface area contributed by atoms with Crippen molar-refractivity contribution in [2.24, 2.45) is 0 Å². The summed E-state index contributed by atoms with van der Waals surface area (Å²) in [7, 11) is 3.06. The number of anilines is 1. The van der Waals surface area contributed by atoms with Gasteiger partial charge in [0, 0.05) is 16.1 Å². The van der Waals surface area contributed by atoms with Crippen LogP contribution < -0.4 is 14.8 Å². The summed E-state index contributed by atoms with van der Waals surface area (Å²) in [6.45, 7) is 2.13. The van der Waals surface area contributed by atoms with Crippen molar-refractivity contribution in [3.05, 3.63) is 48.0 Å². The molecule has 0 fully saturated rings. The Morgan fingerprint density at radius 3 is 2.50 bits per heavy atom. The quantitative estimate of drug-likeness (QED) is 0.561. The first kappa shape index (κ1) is 19.7. The van der Waals surface area contributed by atoms with E-state index in [9.17, 15) is 9.59 Å². The maximum atomic E-state index is 12.5. The second-order valence-corrected chi connectivity index (χ2v) is 6.19. The fraction of sp³-hybridized carbons (Fsp3) is 0.263. The lowest BCUT2D eigenvalue weighted by Crippen LogP contribution is -2.12. The van der Waals surface area contributed by atoms with Crippen LogP contribution in [0.25, 0.3) is 0 Å². The van der Waals surface area contributed by atoms with Gasteiger partial charge in [0.2, 0.25) is 0 Å². The molecule has 2 rings (SSSR count). The number of carbonyl (C=O) groups excluding carboxylic acids is 2. The highest BCUT2D eigenvalue weighted by Crippen LogP contribution is 2.28. The van der Waals surface area contributed by atoms with E-state index in [2.05, 4.69) is 5.32 Å². The molecule has 2 aromatic carbocycles. The van der Waals surface area contributed by atoms with E-state index >= 15 is 0 Å². The van der Waals surface area contributed by atoms with Crippen LogP contribution in [0.5, 0.6) is 11.5 Å². The topological polar surface area (TPSA) is 73.9 Å². The Kier molecular flexibility index (Phi) is 7.35. The Balaban J connectivity index is 2.05. The maximum Gasteiger partial charge on any atom is 0.316 e. The number of thioether (sulfide) groups is 1. The van der Waals surface area contributed by atoms with E-state index < -0.39 is 0 Å². The number of nitrogens with one attached hydrogen (secondary N) is 1. The highest BCUT2D eigenvalue weighted by Gasteiger charge is 2.11. The molecule has 0 atom stereocenters. The van der Waals surface area contributed by atoms with Crippen LogP contribution in [0, 0.1) is 0 Å². The van der Waals surface area contributed by atoms with Crippen LogP contribution in [0.15, 0.2) is 47.4 Å². The molecule has 7 heteroatoms. The highest BCUT2D eigenvalue weighted by molar-refractivity contribution is 8.00. The number of ether oxygens (including phenoxy) is 3. The molecule has 0 aliphatic carbocycles. The number of rotatable bonds is 8. The summed E-state index contributed by atoms with van der Waals surface area (Å²) in [5, 5.41) is 2.84. The average molecular weight is 375 g/mol. The Bertz CT molecular complexity index is 778. The van der Waals surface area contributed by atoms with Crippen molar-refractivity contribution in [2.45, 2.75) is 11.8 Å². The van der Waals surface area contributed by atoms with Crippen molar-refractivity contribution in [2.75, 3.05) is 31.9 Å². The minimum Gasteiger partial charge on any atom is -0.493 e. The predicted molar refractivity (Wildman–Crippen MR) is 101 cm³/mol. The molecule has 0 heterocycles. The van der Waals surface area contributed by atoms with Gasteiger partial charge in [-0.3, -0.25) is 9.59 Å². The van der Waals surface area contributed by atoms with Crippen molar-refractivity contribution in [1.82, 2.24) is 0 Å². The standard InChI is InChI=1S/C19H21NO5S/c1-4-25-18(21)12-26-15-7-5-6-14(11-15)20-19(22)13-8-9-16(23-2)17(10-13)24-3/h5-11H,4,12H2,1-3H3,(H,20,22). The normalized spacial score (nSPS) is 10.1. The Labute approximate surface area is 156 Å². The molecule has 1 amide bonds. The van der Waals surface area contributed by atoms with Crippen LogP contribution in [0.1, 0.15) is 17.3 Å². The van der Waals surface area contributed by atoms with E-state index in [4.69, 9.17) is 14.2 Å². The van der Waals surface area contributed by atoms with E-state index in [0.717, 1.165) is 4.90 Å². The van der Waals surface area contributed by atoms with Crippen LogP contribution in [0.2, 0.25) is 0 Å². The summed E-state index contributed by atoms with van der Waals surface area (Å²) in [6, 6.07) is 12.2. The van der Waals surface area contributed by atoms with Crippen LogP contribution in [-0.2, 0) is 9.53 Å². The molecule has 1 N–H and O–H groups in total. The second kappa shape index (κ2) is 9.72. The number of amides is 1. The number of hydrogen-bond acceptors (Lipinski definition) is 6. The zero-order valence-corrected chi connectivity index (χ0v) is 15.7. The van der Waals surface area contributed by atoms with Gasteiger partial charge in [-0.15, -0.1) is 11.8 Å². The SMILES string of the molecule is CCOC(=O)CSc1cccc(NC(=O)c2ccc(OC)c(OC)c2)c1. The molecule has 0 spiro atoms. The number of esters is 1. The molecule has 0 bridgehead atoms. The molecule has 6 nitrogen and oxygen atoms in total. The lowest BCUT2D eigenvalue weighted by molar-refractivity contribution is -0.139. The number of benzene rings is 2. The summed E-state index contributed by atoms with van der Waals surface area (Å²) in [5.74, 6) is 0.733. The summed E-state index contributed by atoms with van der Waals surface area (Å²) in [6.07, 6.45) is 0. The van der Waals surface area contributed by atoms with Crippen LogP contribution in [-0.4, -0.2) is 38.5 Å². The van der Waals surface area contributed by atoms with Crippen molar-refractivity contribution >= 4 is 29.3 Å². The Morgan fingerprint density at radius 1 is 1.04 bits per heavy atom. The molecular formula is C19H21NO5S. The summed E-state index contributed by atoms with van der Waals surface area (Å²) >= 11 is 1.35. The van der Waals surface area contributed by atoms with Gasteiger partial charge in [-0.2, -0.15) is 0 Å². The average Bonchev–Trinajstić information content (AvgIpc) is 2.66. The van der Waals surface area contributed by atoms with Gasteiger partial charge in [0.25, 0.3) is 5.91 Å². The van der Waals surface area contributed by atoms with Gasteiger partial charge in [-0.05, 0) is 43.3 Å². The molecule has 0 aliphatic heterocycles. The molecule has 26 heavy (non-hydrogen) atoms. The van der Waals surface area contributed by atoms with E-state index in [1.807, 2.05) is 18.2 Å². The van der Waals surface area contributed by atoms with E-state index in [1.54, 1.807) is 31.2 Å². The molecule has 0 radical (unpaired) electrons. The van der Waals surface area contributed by atoms with Crippen LogP contribution >= 0.6 is 11.8 Å². The molecule has 2 aromatic rings. The fourth-order valence-electron chi connectivity index (χ4n) is 2.19. The van der Waals surface area contributed by atoms with Gasteiger partial charge in [-0.1, -0.05) is 6.07 Å². The van der Waals surface area contributed by atoms with Crippen molar-refractivity contribution in [1.29, 1.82) is 0 Å². The highest BCUT2D eigenvalue weighted by atomic mass is 32.2. The predicted octanol–water partition coefficient (Wildman–Crippen LogP) is 3.61. The molecule has 0 aromatic heterocycles. The lowest BCUT2D eigenvalue weighted by Gasteiger charge is -2.10. The van der Waals surface area contributed by atoms with Crippen LogP contribution in [0.3, 0.4) is 0 Å². The third kappa shape index (κ3) is 5.42. The largest absolute Gasteiger partial charge is 0.493 e. The van der Waals surface area contributed by atoms with Crippen molar-refractivity contribution in [3.8, 4) is 11.5 Å². The second-order valence-electron chi connectivity index (χ2n) is 5.15. The minimum absolute atomic E-state index is 0.223. The number of hydrogen-bond donors (Lipinski definition) is 1. The molecule has 0 saturated carbocycles. The Morgan fingerprint density at radius 2 is 1.81 bits per heavy atom. The fourth-order valence-corrected chi connectivity index (χ4v) is 2.94. The zero-order valence-electron chi connectivity index (χ0n) is 14.9. The van der Waals surface area contributed by atoms with Crippen LogP contribution in [0.4, 0.5) is 5.69 Å². The van der Waals surface area contributed by atoms with Gasteiger partial charge < -0.3 is 19.5 Å². The summed E-state index contributed by atoms with van der Waals surface area (Å²) in [4.78, 5) is 24.8. The molecule has 138 valence electrons. The first-order valence-corrected chi connectivity index (χ1v) is 8.97. The smallest absolute Gasteiger partial charge is 0.316 e. The first-order chi connectivity index (χ1) is 12.6. The van der Waals surface area contributed by atoms with Gasteiger partial charge >= 0.3 is 5.97 Å². The van der Waals surface area contributed by atoms with Gasteiger partial charge in [-0.25, -0.2) is 0 Å². The third-order valence-corrected chi connectivity index (χ3v) is 4.37.